The number of hydrogen-bond acceptors (Lipinski definition) is 9. The number of H-pyrrole nitrogens is 1. The van der Waals surface area contributed by atoms with Gasteiger partial charge in [-0.1, -0.05) is 0 Å². The number of anilines is 2. The predicted octanol–water partition coefficient (Wildman–Crippen LogP) is 4.57. The molecule has 1 atom stereocenters. The Morgan fingerprint density at radius 2 is 1.72 bits per heavy atom. The van der Waals surface area contributed by atoms with E-state index in [-0.39, 0.29) is 29.4 Å². The van der Waals surface area contributed by atoms with Gasteiger partial charge in [0.25, 0.3) is 5.56 Å². The van der Waals surface area contributed by atoms with Gasteiger partial charge in [0.05, 0.1) is 23.6 Å². The van der Waals surface area contributed by atoms with E-state index < -0.39 is 17.4 Å². The lowest BCUT2D eigenvalue weighted by atomic mass is 9.99. The SMILES string of the molecule is O=C1CCC(Nc2ccc(N3CCC(N4CCC(SCc5nc6cc(OCC7CC7)cc(F)c6c(=O)[nH]5)CC4)CC3)c(F)c2)C(=O)N1. The molecule has 1 aromatic heterocycles. The number of piperidine rings is 3. The highest BCUT2D eigenvalue weighted by molar-refractivity contribution is 7.99. The van der Waals surface area contributed by atoms with E-state index in [4.69, 9.17) is 4.74 Å². The number of nitrogens with one attached hydrogen (secondary N) is 3. The van der Waals surface area contributed by atoms with E-state index in [0.29, 0.717) is 64.5 Å². The van der Waals surface area contributed by atoms with Gasteiger partial charge in [0, 0.05) is 48.6 Å². The minimum absolute atomic E-state index is 0.0292. The number of rotatable bonds is 10. The van der Waals surface area contributed by atoms with Crippen LogP contribution in [0, 0.1) is 17.6 Å². The summed E-state index contributed by atoms with van der Waals surface area (Å²) in [4.78, 5) is 48.1. The Kier molecular flexibility index (Phi) is 9.35. The molecule has 0 radical (unpaired) electrons. The number of aromatic nitrogens is 2. The first-order valence-electron chi connectivity index (χ1n) is 16.6. The number of imide groups is 1. The van der Waals surface area contributed by atoms with Crippen LogP contribution in [0.3, 0.4) is 0 Å². The summed E-state index contributed by atoms with van der Waals surface area (Å²) in [6.45, 7) is 4.09. The van der Waals surface area contributed by atoms with Crippen molar-refractivity contribution in [2.24, 2.45) is 5.92 Å². The van der Waals surface area contributed by atoms with Crippen molar-refractivity contribution in [3.05, 3.63) is 58.1 Å². The Morgan fingerprint density at radius 1 is 0.936 bits per heavy atom. The van der Waals surface area contributed by atoms with E-state index in [1.165, 1.54) is 12.1 Å². The van der Waals surface area contributed by atoms with Crippen molar-refractivity contribution in [3.8, 4) is 5.75 Å². The lowest BCUT2D eigenvalue weighted by molar-refractivity contribution is -0.133. The number of likely N-dealkylation sites (tertiary alicyclic amines) is 1. The Balaban J connectivity index is 0.872. The number of aromatic amines is 1. The molecule has 3 saturated heterocycles. The molecule has 0 spiro atoms. The Morgan fingerprint density at radius 3 is 2.45 bits per heavy atom. The fourth-order valence-corrected chi connectivity index (χ4v) is 7.93. The van der Waals surface area contributed by atoms with Crippen LogP contribution >= 0.6 is 11.8 Å². The smallest absolute Gasteiger partial charge is 0.261 e. The first-order valence-corrected chi connectivity index (χ1v) is 17.7. The maximum atomic E-state index is 15.1. The topological polar surface area (TPSA) is 120 Å². The molecule has 7 rings (SSSR count). The summed E-state index contributed by atoms with van der Waals surface area (Å²) < 4.78 is 35.6. The molecule has 1 unspecified atom stereocenters. The highest BCUT2D eigenvalue weighted by Crippen LogP contribution is 2.33. The first-order chi connectivity index (χ1) is 22.8. The zero-order valence-electron chi connectivity index (χ0n) is 26.2. The van der Waals surface area contributed by atoms with E-state index in [2.05, 4.69) is 30.4 Å². The van der Waals surface area contributed by atoms with Gasteiger partial charge in [-0.05, 0) is 82.2 Å². The van der Waals surface area contributed by atoms with Crippen molar-refractivity contribution in [3.63, 3.8) is 0 Å². The number of carbonyl (C=O) groups is 2. The van der Waals surface area contributed by atoms with Crippen molar-refractivity contribution in [1.29, 1.82) is 0 Å². The number of nitrogens with zero attached hydrogens (tertiary/aromatic N) is 3. The molecule has 13 heteroatoms. The molecule has 3 aromatic rings. The Hall–Kier alpha value is -3.71. The molecular formula is C34H40F2N6O4S. The highest BCUT2D eigenvalue weighted by Gasteiger charge is 2.30. The molecule has 4 heterocycles. The second-order valence-electron chi connectivity index (χ2n) is 13.1. The van der Waals surface area contributed by atoms with E-state index in [1.807, 2.05) is 0 Å². The molecule has 0 bridgehead atoms. The van der Waals surface area contributed by atoms with Crippen molar-refractivity contribution in [2.45, 2.75) is 74.5 Å². The lowest BCUT2D eigenvalue weighted by Crippen LogP contribution is -2.48. The normalized spacial score (nSPS) is 21.7. The molecule has 10 nitrogen and oxygen atoms in total. The van der Waals surface area contributed by atoms with Gasteiger partial charge in [0.1, 0.15) is 34.6 Å². The molecule has 4 aliphatic rings. The molecule has 1 aliphatic carbocycles. The maximum absolute atomic E-state index is 15.1. The van der Waals surface area contributed by atoms with Gasteiger partial charge >= 0.3 is 0 Å². The monoisotopic (exact) mass is 666 g/mol. The van der Waals surface area contributed by atoms with Gasteiger partial charge in [0.2, 0.25) is 11.8 Å². The van der Waals surface area contributed by atoms with Crippen LogP contribution in [-0.2, 0) is 15.3 Å². The minimum atomic E-state index is -0.609. The molecule has 2 aromatic carbocycles. The number of benzene rings is 2. The number of thioether (sulfide) groups is 1. The number of fused-ring (bicyclic) bond motifs is 1. The Labute approximate surface area is 276 Å². The number of ether oxygens (including phenoxy) is 1. The van der Waals surface area contributed by atoms with Gasteiger partial charge in [-0.2, -0.15) is 11.8 Å². The first kappa shape index (κ1) is 31.9. The summed E-state index contributed by atoms with van der Waals surface area (Å²) in [5.41, 5.74) is 0.960. The summed E-state index contributed by atoms with van der Waals surface area (Å²) in [6, 6.07) is 7.83. The van der Waals surface area contributed by atoms with Gasteiger partial charge in [-0.15, -0.1) is 0 Å². The number of hydrogen-bond donors (Lipinski definition) is 3. The summed E-state index contributed by atoms with van der Waals surface area (Å²) in [7, 11) is 0. The molecule has 1 saturated carbocycles. The average molecular weight is 667 g/mol. The molecule has 4 fully saturated rings. The maximum Gasteiger partial charge on any atom is 0.261 e. The Bertz CT molecular complexity index is 1700. The quantitative estimate of drug-likeness (QED) is 0.268. The van der Waals surface area contributed by atoms with Crippen LogP contribution in [0.1, 0.15) is 57.2 Å². The molecular weight excluding hydrogens is 626 g/mol. The van der Waals surface area contributed by atoms with Gasteiger partial charge < -0.3 is 24.8 Å². The number of amides is 2. The lowest BCUT2D eigenvalue weighted by Gasteiger charge is -2.42. The molecule has 2 amide bonds. The zero-order chi connectivity index (χ0) is 32.5. The van der Waals surface area contributed by atoms with E-state index in [9.17, 15) is 18.8 Å². The third kappa shape index (κ3) is 7.56. The third-order valence-corrected chi connectivity index (χ3v) is 11.1. The molecule has 250 valence electrons. The summed E-state index contributed by atoms with van der Waals surface area (Å²) in [5, 5.41) is 5.78. The zero-order valence-corrected chi connectivity index (χ0v) is 27.1. The summed E-state index contributed by atoms with van der Waals surface area (Å²) >= 11 is 1.78. The fourth-order valence-electron chi connectivity index (χ4n) is 6.86. The second kappa shape index (κ2) is 13.8. The van der Waals surface area contributed by atoms with E-state index in [0.717, 1.165) is 64.7 Å². The van der Waals surface area contributed by atoms with E-state index in [1.54, 1.807) is 30.0 Å². The molecule has 3 aliphatic heterocycles. The predicted molar refractivity (Wildman–Crippen MR) is 178 cm³/mol. The van der Waals surface area contributed by atoms with Crippen LogP contribution in [-0.4, -0.2) is 76.8 Å². The number of carbonyl (C=O) groups excluding carboxylic acids is 2. The van der Waals surface area contributed by atoms with Crippen LogP contribution in [0.25, 0.3) is 10.9 Å². The van der Waals surface area contributed by atoms with Crippen molar-refractivity contribution in [1.82, 2.24) is 20.2 Å². The number of halogens is 2. The van der Waals surface area contributed by atoms with Crippen molar-refractivity contribution >= 4 is 45.9 Å². The van der Waals surface area contributed by atoms with Crippen LogP contribution in [0.5, 0.6) is 5.75 Å². The standard InChI is InChI=1S/C34H40F2N6O4S/c35-25-15-21(37-27-4-6-31(43)40-33(27)44)3-5-29(25)42-11-7-22(8-12-42)41-13-9-24(10-14-41)47-19-30-38-28-17-23(46-18-20-1-2-20)16-26(36)32(28)34(45)39-30/h3,5,15-17,20,22,24,27,37H,1-2,4,6-14,18-19H2,(H,38,39,45)(H,40,43,44). The second-order valence-corrected chi connectivity index (χ2v) is 14.4. The molecule has 3 N–H and O–H groups in total. The van der Waals surface area contributed by atoms with E-state index >= 15 is 4.39 Å². The van der Waals surface area contributed by atoms with Crippen LogP contribution < -0.4 is 25.8 Å². The van der Waals surface area contributed by atoms with Gasteiger partial charge in [-0.25, -0.2) is 13.8 Å². The van der Waals surface area contributed by atoms with Crippen molar-refractivity contribution < 1.29 is 23.1 Å². The van der Waals surface area contributed by atoms with Crippen LogP contribution in [0.4, 0.5) is 20.2 Å². The fraction of sp³-hybridized carbons (Fsp3) is 0.529. The highest BCUT2D eigenvalue weighted by atomic mass is 32.2. The van der Waals surface area contributed by atoms with Gasteiger partial charge in [0.15, 0.2) is 0 Å². The van der Waals surface area contributed by atoms with Gasteiger partial charge in [-0.3, -0.25) is 19.7 Å². The average Bonchev–Trinajstić information content (AvgIpc) is 3.89. The van der Waals surface area contributed by atoms with Crippen molar-refractivity contribution in [2.75, 3.05) is 43.0 Å². The largest absolute Gasteiger partial charge is 0.493 e. The third-order valence-electron chi connectivity index (χ3n) is 9.75. The molecule has 47 heavy (non-hydrogen) atoms. The summed E-state index contributed by atoms with van der Waals surface area (Å²) in [5.74, 6) is 0.463. The summed E-state index contributed by atoms with van der Waals surface area (Å²) in [6.07, 6.45) is 6.91. The minimum Gasteiger partial charge on any atom is -0.493 e. The van der Waals surface area contributed by atoms with Crippen LogP contribution in [0.15, 0.2) is 35.1 Å². The van der Waals surface area contributed by atoms with Crippen LogP contribution in [0.2, 0.25) is 0 Å².